The van der Waals surface area contributed by atoms with E-state index in [9.17, 15) is 0 Å². The van der Waals surface area contributed by atoms with Gasteiger partial charge in [-0.2, -0.15) is 0 Å². The van der Waals surface area contributed by atoms with Crippen molar-refractivity contribution in [1.29, 1.82) is 0 Å². The number of rotatable bonds is 2. The van der Waals surface area contributed by atoms with Crippen molar-refractivity contribution < 1.29 is 0 Å². The lowest BCUT2D eigenvalue weighted by Crippen LogP contribution is -2.56. The van der Waals surface area contributed by atoms with Crippen LogP contribution in [0.5, 0.6) is 0 Å². The molecule has 0 amide bonds. The Bertz CT molecular complexity index is 644. The van der Waals surface area contributed by atoms with Gasteiger partial charge in [-0.25, -0.2) is 4.98 Å². The predicted octanol–water partition coefficient (Wildman–Crippen LogP) is 3.55. The van der Waals surface area contributed by atoms with Crippen LogP contribution < -0.4 is 0 Å². The first-order valence-corrected chi connectivity index (χ1v) is 9.01. The number of hydrogen-bond donors (Lipinski definition) is 0. The van der Waals surface area contributed by atoms with E-state index in [4.69, 9.17) is 4.98 Å². The van der Waals surface area contributed by atoms with Crippen LogP contribution in [0.2, 0.25) is 0 Å². The minimum atomic E-state index is 0.500. The smallest absolute Gasteiger partial charge is 0.112 e. The highest BCUT2D eigenvalue weighted by atomic mass is 79.9. The summed E-state index contributed by atoms with van der Waals surface area (Å²) in [6, 6.07) is 8.97. The van der Waals surface area contributed by atoms with Crippen molar-refractivity contribution in [1.82, 2.24) is 14.8 Å². The summed E-state index contributed by atoms with van der Waals surface area (Å²) in [6.45, 7) is 8.16. The highest BCUT2D eigenvalue weighted by Gasteiger charge is 2.34. The van der Waals surface area contributed by atoms with Gasteiger partial charge in [0.05, 0.1) is 11.7 Å². The van der Waals surface area contributed by atoms with Crippen molar-refractivity contribution in [2.45, 2.75) is 13.0 Å². The van der Waals surface area contributed by atoms with Gasteiger partial charge in [0, 0.05) is 47.6 Å². The van der Waals surface area contributed by atoms with Gasteiger partial charge in [0.25, 0.3) is 0 Å². The Hall–Kier alpha value is -0.750. The summed E-state index contributed by atoms with van der Waals surface area (Å²) in [5.41, 5.74) is 2.37. The number of aryl methyl sites for hydroxylation is 1. The monoisotopic (exact) mass is 363 g/mol. The summed E-state index contributed by atoms with van der Waals surface area (Å²) in [5, 5.41) is 1.29. The maximum atomic E-state index is 4.99. The Balaban J connectivity index is 1.66. The molecule has 0 aliphatic carbocycles. The van der Waals surface area contributed by atoms with Crippen LogP contribution in [-0.2, 0) is 0 Å². The maximum Gasteiger partial charge on any atom is 0.112 e. The van der Waals surface area contributed by atoms with Crippen LogP contribution in [0.25, 0.3) is 11.3 Å². The average molecular weight is 364 g/mol. The summed E-state index contributed by atoms with van der Waals surface area (Å²) in [4.78, 5) is 11.5. The van der Waals surface area contributed by atoms with E-state index in [1.807, 2.05) is 11.3 Å². The zero-order valence-electron chi connectivity index (χ0n) is 12.1. The molecule has 2 bridgehead atoms. The van der Waals surface area contributed by atoms with Crippen LogP contribution in [0.15, 0.2) is 28.7 Å². The summed E-state index contributed by atoms with van der Waals surface area (Å²) in [7, 11) is 0. The van der Waals surface area contributed by atoms with Gasteiger partial charge in [-0.1, -0.05) is 28.1 Å². The fourth-order valence-electron chi connectivity index (χ4n) is 3.29. The first kappa shape index (κ1) is 13.9. The normalized spacial score (nSPS) is 28.0. The number of hydrogen-bond acceptors (Lipinski definition) is 4. The molecule has 5 rings (SSSR count). The summed E-state index contributed by atoms with van der Waals surface area (Å²) < 4.78 is 1.11. The van der Waals surface area contributed by atoms with E-state index in [0.717, 1.165) is 16.7 Å². The van der Waals surface area contributed by atoms with Crippen LogP contribution in [0.3, 0.4) is 0 Å². The fraction of sp³-hybridized carbons (Fsp3) is 0.438. The first-order chi connectivity index (χ1) is 10.2. The SMILES string of the molecule is Cc1sc(C2CN3CCN2CC3)nc1-c1ccc(Br)cc1. The molecular formula is C16H18BrN3S. The van der Waals surface area contributed by atoms with E-state index in [0.29, 0.717) is 6.04 Å². The minimum Gasteiger partial charge on any atom is -0.299 e. The molecule has 21 heavy (non-hydrogen) atoms. The van der Waals surface area contributed by atoms with Gasteiger partial charge in [0.15, 0.2) is 0 Å². The third-order valence-electron chi connectivity index (χ3n) is 4.49. The van der Waals surface area contributed by atoms with Gasteiger partial charge < -0.3 is 0 Å². The van der Waals surface area contributed by atoms with Crippen LogP contribution in [0.4, 0.5) is 0 Å². The van der Waals surface area contributed by atoms with Crippen LogP contribution in [0, 0.1) is 6.92 Å². The lowest BCUT2D eigenvalue weighted by molar-refractivity contribution is 0.0123. The molecule has 1 aromatic heterocycles. The lowest BCUT2D eigenvalue weighted by Gasteiger charge is -2.46. The molecule has 110 valence electrons. The zero-order valence-corrected chi connectivity index (χ0v) is 14.5. The Morgan fingerprint density at radius 1 is 1.14 bits per heavy atom. The number of fused-ring (bicyclic) bond motifs is 3. The molecule has 0 saturated carbocycles. The Labute approximate surface area is 137 Å². The van der Waals surface area contributed by atoms with Crippen LogP contribution in [-0.4, -0.2) is 47.5 Å². The van der Waals surface area contributed by atoms with E-state index in [2.05, 4.69) is 56.9 Å². The standard InChI is InChI=1S/C16H18BrN3S/c1-11-15(12-2-4-13(17)5-3-12)18-16(21-11)14-10-19-6-8-20(14)9-7-19/h2-5,14H,6-10H2,1H3. The van der Waals surface area contributed by atoms with Gasteiger partial charge in [0.1, 0.15) is 5.01 Å². The van der Waals surface area contributed by atoms with E-state index in [1.54, 1.807) is 0 Å². The molecular weight excluding hydrogens is 346 g/mol. The molecule has 3 fully saturated rings. The minimum absolute atomic E-state index is 0.500. The number of halogens is 1. The Morgan fingerprint density at radius 3 is 2.48 bits per heavy atom. The zero-order chi connectivity index (χ0) is 14.4. The molecule has 3 nitrogen and oxygen atoms in total. The molecule has 3 aliphatic heterocycles. The summed E-state index contributed by atoms with van der Waals surface area (Å²) in [6.07, 6.45) is 0. The average Bonchev–Trinajstić information content (AvgIpc) is 2.91. The van der Waals surface area contributed by atoms with E-state index < -0.39 is 0 Å². The summed E-state index contributed by atoms with van der Waals surface area (Å²) >= 11 is 5.36. The Morgan fingerprint density at radius 2 is 1.86 bits per heavy atom. The van der Waals surface area contributed by atoms with Crippen molar-refractivity contribution in [3.8, 4) is 11.3 Å². The molecule has 3 aliphatic rings. The van der Waals surface area contributed by atoms with Gasteiger partial charge >= 0.3 is 0 Å². The Kier molecular flexibility index (Phi) is 3.61. The number of nitrogens with zero attached hydrogens (tertiary/aromatic N) is 3. The molecule has 0 spiro atoms. The topological polar surface area (TPSA) is 19.4 Å². The van der Waals surface area contributed by atoms with E-state index in [-0.39, 0.29) is 0 Å². The van der Waals surface area contributed by atoms with Crippen LogP contribution in [0.1, 0.15) is 15.9 Å². The highest BCUT2D eigenvalue weighted by molar-refractivity contribution is 9.10. The lowest BCUT2D eigenvalue weighted by atomic mass is 10.1. The third kappa shape index (κ3) is 2.57. The number of benzene rings is 1. The first-order valence-electron chi connectivity index (χ1n) is 7.40. The molecule has 5 heteroatoms. The van der Waals surface area contributed by atoms with Gasteiger partial charge in [0.2, 0.25) is 0 Å². The highest BCUT2D eigenvalue weighted by Crippen LogP contribution is 2.36. The second-order valence-corrected chi connectivity index (χ2v) is 7.97. The van der Waals surface area contributed by atoms with E-state index in [1.165, 1.54) is 41.6 Å². The maximum absolute atomic E-state index is 4.99. The molecule has 1 aromatic carbocycles. The second-order valence-electron chi connectivity index (χ2n) is 5.82. The molecule has 1 unspecified atom stereocenters. The van der Waals surface area contributed by atoms with Crippen LogP contribution >= 0.6 is 27.3 Å². The van der Waals surface area contributed by atoms with E-state index >= 15 is 0 Å². The predicted molar refractivity (Wildman–Crippen MR) is 90.7 cm³/mol. The van der Waals surface area contributed by atoms with Gasteiger partial charge in [-0.3, -0.25) is 9.80 Å². The van der Waals surface area contributed by atoms with Crippen molar-refractivity contribution in [2.24, 2.45) is 0 Å². The molecule has 0 N–H and O–H groups in total. The van der Waals surface area contributed by atoms with Crippen molar-refractivity contribution in [3.63, 3.8) is 0 Å². The molecule has 1 atom stereocenters. The summed E-state index contributed by atoms with van der Waals surface area (Å²) in [5.74, 6) is 0. The molecule has 0 radical (unpaired) electrons. The largest absolute Gasteiger partial charge is 0.299 e. The van der Waals surface area contributed by atoms with Gasteiger partial charge in [-0.05, 0) is 19.1 Å². The van der Waals surface area contributed by atoms with Gasteiger partial charge in [-0.15, -0.1) is 11.3 Å². The molecule has 4 heterocycles. The second kappa shape index (κ2) is 5.47. The fourth-order valence-corrected chi connectivity index (χ4v) is 4.62. The third-order valence-corrected chi connectivity index (χ3v) is 6.10. The molecule has 2 aromatic rings. The quantitative estimate of drug-likeness (QED) is 0.813. The molecule has 3 saturated heterocycles. The number of thiazole rings is 1. The van der Waals surface area contributed by atoms with Crippen molar-refractivity contribution in [3.05, 3.63) is 38.6 Å². The van der Waals surface area contributed by atoms with Crippen molar-refractivity contribution in [2.75, 3.05) is 32.7 Å². The number of aromatic nitrogens is 1. The van der Waals surface area contributed by atoms with Crippen molar-refractivity contribution >= 4 is 27.3 Å². The number of piperazine rings is 3.